The summed E-state index contributed by atoms with van der Waals surface area (Å²) in [5.41, 5.74) is 8.29. The van der Waals surface area contributed by atoms with Gasteiger partial charge in [0, 0.05) is 18.4 Å². The summed E-state index contributed by atoms with van der Waals surface area (Å²) in [5.74, 6) is 0.137. The third-order valence-corrected chi connectivity index (χ3v) is 4.67. The summed E-state index contributed by atoms with van der Waals surface area (Å²) in [5, 5.41) is 3.15. The summed E-state index contributed by atoms with van der Waals surface area (Å²) in [7, 11) is 0. The van der Waals surface area contributed by atoms with E-state index in [-0.39, 0.29) is 23.7 Å². The fourth-order valence-electron chi connectivity index (χ4n) is 3.39. The molecule has 4 heteroatoms. The lowest BCUT2D eigenvalue weighted by Crippen LogP contribution is -2.42. The van der Waals surface area contributed by atoms with E-state index in [0.717, 1.165) is 13.0 Å². The van der Waals surface area contributed by atoms with Crippen LogP contribution in [0.4, 0.5) is 0 Å². The molecule has 22 heavy (non-hydrogen) atoms. The third-order valence-electron chi connectivity index (χ3n) is 4.67. The van der Waals surface area contributed by atoms with Crippen LogP contribution < -0.4 is 11.1 Å². The molecule has 1 aromatic carbocycles. The number of aryl methyl sites for hydroxylation is 1. The molecule has 124 valence electrons. The Morgan fingerprint density at radius 3 is 2.64 bits per heavy atom. The Hall–Kier alpha value is -1.06. The van der Waals surface area contributed by atoms with Crippen LogP contribution in [0.3, 0.4) is 0 Å². The smallest absolute Gasteiger partial charge is 0.220 e. The van der Waals surface area contributed by atoms with Gasteiger partial charge in [0.05, 0.1) is 0 Å². The molecule has 0 saturated heterocycles. The van der Waals surface area contributed by atoms with Crippen LogP contribution in [0.5, 0.6) is 0 Å². The highest BCUT2D eigenvalue weighted by molar-refractivity contribution is 5.85. The van der Waals surface area contributed by atoms with Crippen molar-refractivity contribution in [2.75, 3.05) is 13.1 Å². The van der Waals surface area contributed by atoms with E-state index >= 15 is 0 Å². The lowest BCUT2D eigenvalue weighted by molar-refractivity contribution is -0.121. The summed E-state index contributed by atoms with van der Waals surface area (Å²) in [6.07, 6.45) is 7.48. The standard InChI is InChI=1S/C18H28N2O.ClH/c1-15-7-5-8-16(13-15)18(10-3-2-4-11-18)14-20-17(21)9-6-12-19;/h5,7-8,13H,2-4,6,9-12,14,19H2,1H3,(H,20,21);1H. The van der Waals surface area contributed by atoms with Crippen LogP contribution in [0.15, 0.2) is 24.3 Å². The lowest BCUT2D eigenvalue weighted by atomic mass is 9.69. The maximum Gasteiger partial charge on any atom is 0.220 e. The molecule has 1 aliphatic carbocycles. The monoisotopic (exact) mass is 324 g/mol. The van der Waals surface area contributed by atoms with E-state index < -0.39 is 0 Å². The number of benzene rings is 1. The molecule has 0 aromatic heterocycles. The number of amides is 1. The fourth-order valence-corrected chi connectivity index (χ4v) is 3.39. The normalized spacial score (nSPS) is 16.6. The van der Waals surface area contributed by atoms with Crippen LogP contribution in [0.25, 0.3) is 0 Å². The van der Waals surface area contributed by atoms with E-state index in [4.69, 9.17) is 5.73 Å². The van der Waals surface area contributed by atoms with Crippen molar-refractivity contribution in [1.82, 2.24) is 5.32 Å². The molecule has 0 bridgehead atoms. The first-order valence-electron chi connectivity index (χ1n) is 8.20. The average molecular weight is 325 g/mol. The molecule has 0 atom stereocenters. The Kier molecular flexibility index (Phi) is 7.91. The number of nitrogens with two attached hydrogens (primary N) is 1. The second kappa shape index (κ2) is 9.16. The average Bonchev–Trinajstić information content (AvgIpc) is 2.52. The first-order chi connectivity index (χ1) is 10.2. The third kappa shape index (κ3) is 4.99. The Morgan fingerprint density at radius 2 is 2.00 bits per heavy atom. The van der Waals surface area contributed by atoms with Crippen LogP contribution in [-0.4, -0.2) is 19.0 Å². The van der Waals surface area contributed by atoms with E-state index in [1.807, 2.05) is 0 Å². The predicted octanol–water partition coefficient (Wildman–Crippen LogP) is 3.47. The van der Waals surface area contributed by atoms with Crippen molar-refractivity contribution in [2.45, 2.75) is 57.3 Å². The maximum atomic E-state index is 11.9. The quantitative estimate of drug-likeness (QED) is 0.841. The Balaban J connectivity index is 0.00000242. The number of carbonyl (C=O) groups excluding carboxylic acids is 1. The van der Waals surface area contributed by atoms with Gasteiger partial charge in [-0.05, 0) is 38.3 Å². The molecule has 1 fully saturated rings. The zero-order valence-electron chi connectivity index (χ0n) is 13.6. The van der Waals surface area contributed by atoms with Gasteiger partial charge in [-0.3, -0.25) is 4.79 Å². The van der Waals surface area contributed by atoms with Gasteiger partial charge in [-0.15, -0.1) is 12.4 Å². The molecule has 1 amide bonds. The second-order valence-corrected chi connectivity index (χ2v) is 6.38. The summed E-state index contributed by atoms with van der Waals surface area (Å²) >= 11 is 0. The lowest BCUT2D eigenvalue weighted by Gasteiger charge is -2.38. The number of hydrogen-bond donors (Lipinski definition) is 2. The zero-order chi connectivity index (χ0) is 15.1. The van der Waals surface area contributed by atoms with Crippen LogP contribution in [0.1, 0.15) is 56.1 Å². The second-order valence-electron chi connectivity index (χ2n) is 6.38. The molecule has 3 N–H and O–H groups in total. The highest BCUT2D eigenvalue weighted by Gasteiger charge is 2.34. The van der Waals surface area contributed by atoms with Crippen LogP contribution >= 0.6 is 12.4 Å². The van der Waals surface area contributed by atoms with Gasteiger partial charge in [0.25, 0.3) is 0 Å². The first kappa shape index (κ1) is 19.0. The number of rotatable bonds is 6. The van der Waals surface area contributed by atoms with Crippen LogP contribution in [0, 0.1) is 6.92 Å². The summed E-state index contributed by atoms with van der Waals surface area (Å²) in [6, 6.07) is 8.79. The van der Waals surface area contributed by atoms with Gasteiger partial charge in [-0.2, -0.15) is 0 Å². The molecular weight excluding hydrogens is 296 g/mol. The SMILES string of the molecule is Cc1cccc(C2(CNC(=O)CCCN)CCCCC2)c1.Cl. The van der Waals surface area contributed by atoms with E-state index in [1.165, 1.54) is 43.2 Å². The highest BCUT2D eigenvalue weighted by Crippen LogP contribution is 2.39. The number of nitrogens with one attached hydrogen (secondary N) is 1. The predicted molar refractivity (Wildman–Crippen MR) is 94.5 cm³/mol. The minimum atomic E-state index is 0. The molecule has 1 aliphatic rings. The Labute approximate surface area is 140 Å². The van der Waals surface area contributed by atoms with Gasteiger partial charge < -0.3 is 11.1 Å². The number of hydrogen-bond acceptors (Lipinski definition) is 2. The topological polar surface area (TPSA) is 55.1 Å². The molecular formula is C18H29ClN2O. The van der Waals surface area contributed by atoms with E-state index in [9.17, 15) is 4.79 Å². The van der Waals surface area contributed by atoms with Gasteiger partial charge in [-0.1, -0.05) is 49.1 Å². The van der Waals surface area contributed by atoms with Crippen LogP contribution in [-0.2, 0) is 10.2 Å². The fraction of sp³-hybridized carbons (Fsp3) is 0.611. The van der Waals surface area contributed by atoms with Crippen molar-refractivity contribution < 1.29 is 4.79 Å². The summed E-state index contributed by atoms with van der Waals surface area (Å²) in [4.78, 5) is 11.9. The van der Waals surface area contributed by atoms with Crippen molar-refractivity contribution >= 4 is 18.3 Å². The molecule has 3 nitrogen and oxygen atoms in total. The van der Waals surface area contributed by atoms with Gasteiger partial charge in [-0.25, -0.2) is 0 Å². The van der Waals surface area contributed by atoms with Crippen molar-refractivity contribution in [3.63, 3.8) is 0 Å². The Bertz CT molecular complexity index is 470. The van der Waals surface area contributed by atoms with Crippen molar-refractivity contribution in [3.8, 4) is 0 Å². The number of halogens is 1. The van der Waals surface area contributed by atoms with Crippen molar-refractivity contribution in [2.24, 2.45) is 5.73 Å². The van der Waals surface area contributed by atoms with Crippen LogP contribution in [0.2, 0.25) is 0 Å². The largest absolute Gasteiger partial charge is 0.355 e. The highest BCUT2D eigenvalue weighted by atomic mass is 35.5. The number of carbonyl (C=O) groups is 1. The molecule has 0 radical (unpaired) electrons. The van der Waals surface area contributed by atoms with Crippen molar-refractivity contribution in [3.05, 3.63) is 35.4 Å². The summed E-state index contributed by atoms with van der Waals surface area (Å²) in [6.45, 7) is 3.48. The molecule has 0 aliphatic heterocycles. The zero-order valence-corrected chi connectivity index (χ0v) is 14.4. The van der Waals surface area contributed by atoms with E-state index in [0.29, 0.717) is 13.0 Å². The molecule has 2 rings (SSSR count). The molecule has 0 unspecified atom stereocenters. The van der Waals surface area contributed by atoms with Gasteiger partial charge in [0.1, 0.15) is 0 Å². The minimum Gasteiger partial charge on any atom is -0.355 e. The maximum absolute atomic E-state index is 11.9. The Morgan fingerprint density at radius 1 is 1.27 bits per heavy atom. The van der Waals surface area contributed by atoms with E-state index in [1.54, 1.807) is 0 Å². The molecule has 1 aromatic rings. The first-order valence-corrected chi connectivity index (χ1v) is 8.20. The van der Waals surface area contributed by atoms with E-state index in [2.05, 4.69) is 36.5 Å². The summed E-state index contributed by atoms with van der Waals surface area (Å²) < 4.78 is 0. The van der Waals surface area contributed by atoms with Gasteiger partial charge >= 0.3 is 0 Å². The molecule has 0 spiro atoms. The minimum absolute atomic E-state index is 0. The van der Waals surface area contributed by atoms with Gasteiger partial charge in [0.2, 0.25) is 5.91 Å². The molecule has 1 saturated carbocycles. The van der Waals surface area contributed by atoms with Gasteiger partial charge in [0.15, 0.2) is 0 Å². The van der Waals surface area contributed by atoms with Crippen molar-refractivity contribution in [1.29, 1.82) is 0 Å². The molecule has 0 heterocycles.